The number of carboxylic acid groups (broad SMARTS) is 1. The summed E-state index contributed by atoms with van der Waals surface area (Å²) in [6.45, 7) is 0. The molecule has 0 amide bonds. The predicted octanol–water partition coefficient (Wildman–Crippen LogP) is -0.722. The van der Waals surface area contributed by atoms with Gasteiger partial charge in [-0.3, -0.25) is 0 Å². The summed E-state index contributed by atoms with van der Waals surface area (Å²) in [4.78, 5) is 10.4. The Kier molecular flexibility index (Phi) is 1.83. The summed E-state index contributed by atoms with van der Waals surface area (Å²) in [6, 6.07) is 0. The van der Waals surface area contributed by atoms with E-state index >= 15 is 0 Å². The lowest BCUT2D eigenvalue weighted by atomic mass is 9.90. The first-order chi connectivity index (χ1) is 5.07. The van der Waals surface area contributed by atoms with Gasteiger partial charge < -0.3 is 15.3 Å². The van der Waals surface area contributed by atoms with E-state index in [9.17, 15) is 9.90 Å². The van der Waals surface area contributed by atoms with E-state index in [0.29, 0.717) is 0 Å². The normalized spacial score (nSPS) is 35.6. The van der Waals surface area contributed by atoms with Crippen molar-refractivity contribution < 1.29 is 20.1 Å². The molecule has 0 saturated carbocycles. The minimum atomic E-state index is -2.06. The predicted molar refractivity (Wildman–Crippen MR) is 35.9 cm³/mol. The summed E-state index contributed by atoms with van der Waals surface area (Å²) in [5.74, 6) is -1.42. The second-order valence-electron chi connectivity index (χ2n) is 2.42. The van der Waals surface area contributed by atoms with E-state index in [-0.39, 0.29) is 6.42 Å². The molecule has 1 aliphatic carbocycles. The Morgan fingerprint density at radius 3 is 2.73 bits per heavy atom. The number of hydrogen-bond acceptors (Lipinski definition) is 3. The zero-order valence-corrected chi connectivity index (χ0v) is 5.69. The van der Waals surface area contributed by atoms with Gasteiger partial charge in [-0.25, -0.2) is 4.79 Å². The molecule has 0 spiro atoms. The Morgan fingerprint density at radius 1 is 1.73 bits per heavy atom. The molecule has 0 bridgehead atoms. The number of carbonyl (C=O) groups is 1. The third kappa shape index (κ3) is 1.19. The minimum Gasteiger partial charge on any atom is -0.479 e. The Labute approximate surface area is 63.1 Å². The van der Waals surface area contributed by atoms with E-state index in [1.54, 1.807) is 0 Å². The molecule has 11 heavy (non-hydrogen) atoms. The van der Waals surface area contributed by atoms with E-state index in [1.165, 1.54) is 6.08 Å². The lowest BCUT2D eigenvalue weighted by Gasteiger charge is -2.26. The van der Waals surface area contributed by atoms with Crippen LogP contribution in [0.3, 0.4) is 0 Å². The van der Waals surface area contributed by atoms with Crippen molar-refractivity contribution in [1.29, 1.82) is 0 Å². The summed E-state index contributed by atoms with van der Waals surface area (Å²) in [5, 5.41) is 26.8. The first kappa shape index (κ1) is 8.01. The van der Waals surface area contributed by atoms with Crippen molar-refractivity contribution in [2.45, 2.75) is 18.1 Å². The maximum absolute atomic E-state index is 10.4. The lowest BCUT2D eigenvalue weighted by Crippen LogP contribution is -2.49. The first-order valence-electron chi connectivity index (χ1n) is 3.12. The quantitative estimate of drug-likeness (QED) is 0.438. The molecule has 0 aliphatic heterocycles. The second kappa shape index (κ2) is 2.51. The number of rotatable bonds is 1. The molecule has 0 aromatic carbocycles. The standard InChI is InChI=1S/C7H8O4/c8-5-3-1-2-4-7(5,11)6(9)10/h2-3,5,8,11H,4H2,(H,9,10)/t5-,7+/m1/s1. The van der Waals surface area contributed by atoms with Gasteiger partial charge in [0.25, 0.3) is 0 Å². The van der Waals surface area contributed by atoms with Gasteiger partial charge in [0, 0.05) is 6.42 Å². The Balaban J connectivity index is 2.91. The average Bonchev–Trinajstić information content (AvgIpc) is 1.95. The van der Waals surface area contributed by atoms with Crippen molar-refractivity contribution in [2.24, 2.45) is 0 Å². The molecule has 0 unspecified atom stereocenters. The molecule has 0 aromatic heterocycles. The van der Waals surface area contributed by atoms with Gasteiger partial charge >= 0.3 is 5.97 Å². The van der Waals surface area contributed by atoms with Gasteiger partial charge in [0.1, 0.15) is 6.10 Å². The van der Waals surface area contributed by atoms with Crippen molar-refractivity contribution in [3.05, 3.63) is 17.9 Å². The Morgan fingerprint density at radius 2 is 2.36 bits per heavy atom. The van der Waals surface area contributed by atoms with Crippen LogP contribution >= 0.6 is 0 Å². The number of aliphatic carboxylic acids is 1. The van der Waals surface area contributed by atoms with Gasteiger partial charge in [-0.2, -0.15) is 0 Å². The molecule has 60 valence electrons. The first-order valence-corrected chi connectivity index (χ1v) is 3.12. The van der Waals surface area contributed by atoms with Gasteiger partial charge in [0.15, 0.2) is 5.60 Å². The highest BCUT2D eigenvalue weighted by Gasteiger charge is 2.42. The van der Waals surface area contributed by atoms with Gasteiger partial charge in [-0.1, -0.05) is 0 Å². The maximum Gasteiger partial charge on any atom is 0.339 e. The van der Waals surface area contributed by atoms with Crippen molar-refractivity contribution in [2.75, 3.05) is 0 Å². The molecular weight excluding hydrogens is 148 g/mol. The highest BCUT2D eigenvalue weighted by atomic mass is 16.4. The summed E-state index contributed by atoms with van der Waals surface area (Å²) in [6.07, 6.45) is 1.02. The fourth-order valence-corrected chi connectivity index (χ4v) is 0.846. The van der Waals surface area contributed by atoms with Crippen LogP contribution in [0, 0.1) is 0 Å². The smallest absolute Gasteiger partial charge is 0.339 e. The number of aliphatic hydroxyl groups is 2. The largest absolute Gasteiger partial charge is 0.479 e. The van der Waals surface area contributed by atoms with Gasteiger partial charge in [0.2, 0.25) is 0 Å². The summed E-state index contributed by atoms with van der Waals surface area (Å²) in [5.41, 5.74) is 0.457. The molecule has 0 saturated heterocycles. The SMILES string of the molecule is O=C(O)[C@]1(O)CC=C=C[C@H]1O. The van der Waals surface area contributed by atoms with Gasteiger partial charge in [-0.05, 0) is 12.2 Å². The van der Waals surface area contributed by atoms with Crippen LogP contribution in [0.5, 0.6) is 0 Å². The van der Waals surface area contributed by atoms with Crippen molar-refractivity contribution in [1.82, 2.24) is 0 Å². The highest BCUT2D eigenvalue weighted by Crippen LogP contribution is 2.20. The van der Waals surface area contributed by atoms with Crippen molar-refractivity contribution in [3.63, 3.8) is 0 Å². The monoisotopic (exact) mass is 156 g/mol. The van der Waals surface area contributed by atoms with Crippen LogP contribution in [0.15, 0.2) is 17.9 Å². The van der Waals surface area contributed by atoms with E-state index in [4.69, 9.17) is 10.2 Å². The van der Waals surface area contributed by atoms with Crippen LogP contribution in [-0.2, 0) is 4.79 Å². The van der Waals surface area contributed by atoms with Crippen molar-refractivity contribution in [3.8, 4) is 0 Å². The fraction of sp³-hybridized carbons (Fsp3) is 0.429. The molecule has 1 rings (SSSR count). The van der Waals surface area contributed by atoms with E-state index in [0.717, 1.165) is 6.08 Å². The molecule has 2 atom stereocenters. The molecule has 4 heteroatoms. The zero-order chi connectivity index (χ0) is 8.48. The molecule has 4 nitrogen and oxygen atoms in total. The zero-order valence-electron chi connectivity index (χ0n) is 5.69. The van der Waals surface area contributed by atoms with Crippen LogP contribution in [0.25, 0.3) is 0 Å². The van der Waals surface area contributed by atoms with Crippen LogP contribution in [0.4, 0.5) is 0 Å². The number of hydrogen-bond donors (Lipinski definition) is 3. The summed E-state index contributed by atoms with van der Waals surface area (Å²) in [7, 11) is 0. The molecule has 0 aromatic rings. The topological polar surface area (TPSA) is 77.8 Å². The fourth-order valence-electron chi connectivity index (χ4n) is 0.846. The van der Waals surface area contributed by atoms with Crippen LogP contribution < -0.4 is 0 Å². The number of carboxylic acids is 1. The molecule has 0 heterocycles. The highest BCUT2D eigenvalue weighted by molar-refractivity contribution is 5.79. The average molecular weight is 156 g/mol. The summed E-state index contributed by atoms with van der Waals surface area (Å²) < 4.78 is 0. The van der Waals surface area contributed by atoms with Gasteiger partial charge in [0.05, 0.1) is 0 Å². The Bertz CT molecular complexity index is 239. The van der Waals surface area contributed by atoms with E-state index < -0.39 is 17.7 Å². The third-order valence-corrected chi connectivity index (χ3v) is 1.64. The second-order valence-corrected chi connectivity index (χ2v) is 2.42. The maximum atomic E-state index is 10.4. The van der Waals surface area contributed by atoms with Crippen molar-refractivity contribution >= 4 is 5.97 Å². The van der Waals surface area contributed by atoms with E-state index in [1.807, 2.05) is 0 Å². The molecule has 0 fully saturated rings. The third-order valence-electron chi connectivity index (χ3n) is 1.64. The molecule has 1 aliphatic rings. The van der Waals surface area contributed by atoms with Crippen LogP contribution in [-0.4, -0.2) is 33.0 Å². The minimum absolute atomic E-state index is 0.111. The number of aliphatic hydroxyl groups excluding tert-OH is 1. The summed E-state index contributed by atoms with van der Waals surface area (Å²) >= 11 is 0. The van der Waals surface area contributed by atoms with Crippen LogP contribution in [0.2, 0.25) is 0 Å². The molecule has 3 N–H and O–H groups in total. The van der Waals surface area contributed by atoms with Gasteiger partial charge in [-0.15, -0.1) is 5.73 Å². The van der Waals surface area contributed by atoms with E-state index in [2.05, 4.69) is 5.73 Å². The Hall–Kier alpha value is -1.09. The van der Waals surface area contributed by atoms with Crippen LogP contribution in [0.1, 0.15) is 6.42 Å². The lowest BCUT2D eigenvalue weighted by molar-refractivity contribution is -0.167. The molecule has 0 radical (unpaired) electrons. The molecular formula is C7H8O4.